The minimum Gasteiger partial charge on any atom is -0.332 e. The number of anilines is 2. The number of hydrogen-bond acceptors (Lipinski definition) is 3. The van der Waals surface area contributed by atoms with Crippen LogP contribution in [-0.2, 0) is 0 Å². The molecule has 84 valence electrons. The Morgan fingerprint density at radius 1 is 1.00 bits per heavy atom. The second-order valence-corrected chi connectivity index (χ2v) is 5.89. The molecule has 0 saturated heterocycles. The summed E-state index contributed by atoms with van der Waals surface area (Å²) in [6.45, 7) is 0. The van der Waals surface area contributed by atoms with Gasteiger partial charge in [-0.15, -0.1) is 0 Å². The van der Waals surface area contributed by atoms with Crippen LogP contribution in [-0.4, -0.2) is 4.98 Å². The maximum absolute atomic E-state index is 4.54. The minimum atomic E-state index is 0.937. The highest BCUT2D eigenvalue weighted by molar-refractivity contribution is 14.1. The molecule has 0 fully saturated rings. The van der Waals surface area contributed by atoms with Crippen LogP contribution in [0.3, 0.4) is 0 Å². The molecule has 3 rings (SSSR count). The maximum atomic E-state index is 4.54. The summed E-state index contributed by atoms with van der Waals surface area (Å²) in [5.74, 6) is 0. The zero-order valence-corrected chi connectivity index (χ0v) is 11.8. The van der Waals surface area contributed by atoms with Crippen LogP contribution in [0.15, 0.2) is 48.5 Å². The quantitative estimate of drug-likeness (QED) is 0.680. The van der Waals surface area contributed by atoms with Crippen LogP contribution in [0, 0.1) is 3.57 Å². The van der Waals surface area contributed by atoms with Crippen LogP contribution in [0.2, 0.25) is 0 Å². The molecule has 0 atom stereocenters. The van der Waals surface area contributed by atoms with Gasteiger partial charge in [0.15, 0.2) is 5.13 Å². The van der Waals surface area contributed by atoms with Gasteiger partial charge in [-0.2, -0.15) is 0 Å². The molecule has 3 aromatic rings. The molecule has 17 heavy (non-hydrogen) atoms. The van der Waals surface area contributed by atoms with E-state index >= 15 is 0 Å². The van der Waals surface area contributed by atoms with Crippen LogP contribution in [0.1, 0.15) is 0 Å². The molecule has 0 spiro atoms. The summed E-state index contributed by atoms with van der Waals surface area (Å²) < 4.78 is 2.44. The summed E-state index contributed by atoms with van der Waals surface area (Å²) in [6.07, 6.45) is 0. The van der Waals surface area contributed by atoms with Gasteiger partial charge in [-0.3, -0.25) is 0 Å². The van der Waals surface area contributed by atoms with Crippen molar-refractivity contribution in [2.75, 3.05) is 5.32 Å². The molecular weight excluding hydrogens is 343 g/mol. The Kier molecular flexibility index (Phi) is 2.98. The molecule has 1 aromatic heterocycles. The van der Waals surface area contributed by atoms with Crippen molar-refractivity contribution in [2.24, 2.45) is 0 Å². The first kappa shape index (κ1) is 11.0. The fourth-order valence-corrected chi connectivity index (χ4v) is 2.83. The SMILES string of the molecule is Ic1ccc(Nc2nc3ccccc3s2)cc1. The predicted molar refractivity (Wildman–Crippen MR) is 82.1 cm³/mol. The first-order valence-corrected chi connectivity index (χ1v) is 7.09. The van der Waals surface area contributed by atoms with Crippen molar-refractivity contribution in [3.8, 4) is 0 Å². The molecule has 1 N–H and O–H groups in total. The van der Waals surface area contributed by atoms with E-state index in [-0.39, 0.29) is 0 Å². The monoisotopic (exact) mass is 352 g/mol. The second-order valence-electron chi connectivity index (χ2n) is 3.62. The number of benzene rings is 2. The van der Waals surface area contributed by atoms with E-state index in [4.69, 9.17) is 0 Å². The second kappa shape index (κ2) is 4.62. The van der Waals surface area contributed by atoms with Crippen molar-refractivity contribution in [3.05, 3.63) is 52.1 Å². The Morgan fingerprint density at radius 2 is 1.76 bits per heavy atom. The van der Waals surface area contributed by atoms with E-state index in [1.807, 2.05) is 18.2 Å². The molecule has 1 heterocycles. The van der Waals surface area contributed by atoms with Gasteiger partial charge in [-0.05, 0) is 59.0 Å². The van der Waals surface area contributed by atoms with Crippen LogP contribution in [0.5, 0.6) is 0 Å². The van der Waals surface area contributed by atoms with Crippen molar-refractivity contribution >= 4 is 55.0 Å². The Morgan fingerprint density at radius 3 is 2.53 bits per heavy atom. The molecule has 0 unspecified atom stereocenters. The summed E-state index contributed by atoms with van der Waals surface area (Å²) in [4.78, 5) is 4.54. The van der Waals surface area contributed by atoms with Gasteiger partial charge in [0.1, 0.15) is 0 Å². The number of para-hydroxylation sites is 1. The van der Waals surface area contributed by atoms with Crippen molar-refractivity contribution in [1.29, 1.82) is 0 Å². The lowest BCUT2D eigenvalue weighted by atomic mass is 10.3. The average molecular weight is 352 g/mol. The third-order valence-corrected chi connectivity index (χ3v) is 4.06. The molecule has 0 aliphatic rings. The van der Waals surface area contributed by atoms with Crippen molar-refractivity contribution < 1.29 is 0 Å². The van der Waals surface area contributed by atoms with E-state index < -0.39 is 0 Å². The maximum Gasteiger partial charge on any atom is 0.188 e. The predicted octanol–water partition coefficient (Wildman–Crippen LogP) is 4.64. The number of hydrogen-bond donors (Lipinski definition) is 1. The van der Waals surface area contributed by atoms with Gasteiger partial charge < -0.3 is 5.32 Å². The van der Waals surface area contributed by atoms with E-state index in [1.54, 1.807) is 11.3 Å². The molecule has 0 radical (unpaired) electrons. The lowest BCUT2D eigenvalue weighted by Crippen LogP contribution is -1.88. The van der Waals surface area contributed by atoms with Gasteiger partial charge >= 0.3 is 0 Å². The highest BCUT2D eigenvalue weighted by atomic mass is 127. The van der Waals surface area contributed by atoms with Crippen LogP contribution in [0.25, 0.3) is 10.2 Å². The molecule has 0 amide bonds. The summed E-state index contributed by atoms with van der Waals surface area (Å²) in [5.41, 5.74) is 2.12. The summed E-state index contributed by atoms with van der Waals surface area (Å²) >= 11 is 3.97. The van der Waals surface area contributed by atoms with Gasteiger partial charge in [-0.1, -0.05) is 23.5 Å². The smallest absolute Gasteiger partial charge is 0.188 e. The third-order valence-electron chi connectivity index (χ3n) is 2.39. The fraction of sp³-hybridized carbons (Fsp3) is 0. The highest BCUT2D eigenvalue weighted by Crippen LogP contribution is 2.28. The van der Waals surface area contributed by atoms with Crippen molar-refractivity contribution in [3.63, 3.8) is 0 Å². The Bertz CT molecular complexity index is 613. The summed E-state index contributed by atoms with van der Waals surface area (Å²) in [7, 11) is 0. The average Bonchev–Trinajstić information content (AvgIpc) is 2.74. The summed E-state index contributed by atoms with van der Waals surface area (Å²) in [6, 6.07) is 16.5. The Hall–Kier alpha value is -1.14. The van der Waals surface area contributed by atoms with Gasteiger partial charge in [0, 0.05) is 9.26 Å². The number of rotatable bonds is 2. The van der Waals surface area contributed by atoms with E-state index in [9.17, 15) is 0 Å². The lowest BCUT2D eigenvalue weighted by molar-refractivity contribution is 1.44. The number of halogens is 1. The summed E-state index contributed by atoms with van der Waals surface area (Å²) in [5, 5.41) is 4.26. The van der Waals surface area contributed by atoms with Crippen LogP contribution in [0.4, 0.5) is 10.8 Å². The molecule has 0 bridgehead atoms. The Balaban J connectivity index is 1.92. The van der Waals surface area contributed by atoms with Crippen molar-refractivity contribution in [1.82, 2.24) is 4.98 Å². The van der Waals surface area contributed by atoms with E-state index in [0.717, 1.165) is 16.3 Å². The lowest BCUT2D eigenvalue weighted by Gasteiger charge is -2.01. The standard InChI is InChI=1S/C13H9IN2S/c14-9-5-7-10(8-6-9)15-13-16-11-3-1-2-4-12(11)17-13/h1-8H,(H,15,16). The largest absolute Gasteiger partial charge is 0.332 e. The molecular formula is C13H9IN2S. The number of thiazole rings is 1. The van der Waals surface area contributed by atoms with Gasteiger partial charge in [0.2, 0.25) is 0 Å². The number of nitrogens with zero attached hydrogens (tertiary/aromatic N) is 1. The minimum absolute atomic E-state index is 0.937. The van der Waals surface area contributed by atoms with E-state index in [0.29, 0.717) is 0 Å². The third kappa shape index (κ3) is 2.42. The number of fused-ring (bicyclic) bond motifs is 1. The van der Waals surface area contributed by atoms with Crippen LogP contribution >= 0.6 is 33.9 Å². The zero-order valence-electron chi connectivity index (χ0n) is 8.85. The number of aromatic nitrogens is 1. The highest BCUT2D eigenvalue weighted by Gasteiger charge is 2.02. The Labute approximate surface area is 117 Å². The van der Waals surface area contributed by atoms with Crippen molar-refractivity contribution in [2.45, 2.75) is 0 Å². The zero-order chi connectivity index (χ0) is 11.7. The van der Waals surface area contributed by atoms with Crippen LogP contribution < -0.4 is 5.32 Å². The van der Waals surface area contributed by atoms with Gasteiger partial charge in [0.05, 0.1) is 10.2 Å². The molecule has 0 saturated carbocycles. The molecule has 0 aliphatic carbocycles. The first-order chi connectivity index (χ1) is 8.31. The van der Waals surface area contributed by atoms with Gasteiger partial charge in [-0.25, -0.2) is 4.98 Å². The molecule has 0 aliphatic heterocycles. The first-order valence-electron chi connectivity index (χ1n) is 5.19. The molecule has 2 aromatic carbocycles. The molecule has 2 nitrogen and oxygen atoms in total. The van der Waals surface area contributed by atoms with E-state index in [2.05, 4.69) is 63.2 Å². The molecule has 4 heteroatoms. The normalized spacial score (nSPS) is 10.6. The van der Waals surface area contributed by atoms with Gasteiger partial charge in [0.25, 0.3) is 0 Å². The fourth-order valence-electron chi connectivity index (χ4n) is 1.58. The van der Waals surface area contributed by atoms with E-state index in [1.165, 1.54) is 8.27 Å². The topological polar surface area (TPSA) is 24.9 Å². The number of nitrogens with one attached hydrogen (secondary N) is 1.